The second-order valence-corrected chi connectivity index (χ2v) is 6.71. The standard InChI is InChI=1S/C20H23N3O3S/c1-3-23-16-9-5-4-8-15(16)22-20(23)27-14-19(24)21-12-13-26-18-11-7-6-10-17(18)25-2/h4-11H,3,12-14H2,1-2H3,(H,21,24). The Morgan fingerprint density at radius 3 is 2.67 bits per heavy atom. The summed E-state index contributed by atoms with van der Waals surface area (Å²) in [7, 11) is 1.60. The minimum atomic E-state index is -0.0432. The number of rotatable bonds is 9. The molecule has 0 bridgehead atoms. The molecule has 0 atom stereocenters. The summed E-state index contributed by atoms with van der Waals surface area (Å²) in [5, 5.41) is 3.73. The van der Waals surface area contributed by atoms with Crippen molar-refractivity contribution in [1.29, 1.82) is 0 Å². The van der Waals surface area contributed by atoms with Crippen molar-refractivity contribution in [2.45, 2.75) is 18.6 Å². The Labute approximate surface area is 162 Å². The van der Waals surface area contributed by atoms with Gasteiger partial charge in [0.2, 0.25) is 5.91 Å². The van der Waals surface area contributed by atoms with Crippen LogP contribution in [0.3, 0.4) is 0 Å². The summed E-state index contributed by atoms with van der Waals surface area (Å²) < 4.78 is 13.0. The number of hydrogen-bond donors (Lipinski definition) is 1. The first-order valence-electron chi connectivity index (χ1n) is 8.83. The van der Waals surface area contributed by atoms with Crippen LogP contribution in [-0.2, 0) is 11.3 Å². The molecule has 0 unspecified atom stereocenters. The van der Waals surface area contributed by atoms with Crippen molar-refractivity contribution in [2.75, 3.05) is 26.0 Å². The van der Waals surface area contributed by atoms with Crippen LogP contribution in [0.15, 0.2) is 53.7 Å². The zero-order chi connectivity index (χ0) is 19.1. The average molecular weight is 385 g/mol. The maximum atomic E-state index is 12.1. The molecule has 3 rings (SSSR count). The maximum Gasteiger partial charge on any atom is 0.230 e. The minimum absolute atomic E-state index is 0.0432. The number of para-hydroxylation sites is 4. The summed E-state index contributed by atoms with van der Waals surface area (Å²) in [5.74, 6) is 1.62. The molecule has 2 aromatic carbocycles. The lowest BCUT2D eigenvalue weighted by atomic mass is 10.3. The van der Waals surface area contributed by atoms with E-state index in [-0.39, 0.29) is 5.91 Å². The van der Waals surface area contributed by atoms with Crippen molar-refractivity contribution in [3.8, 4) is 11.5 Å². The van der Waals surface area contributed by atoms with E-state index in [4.69, 9.17) is 9.47 Å². The summed E-state index contributed by atoms with van der Waals surface area (Å²) in [6.07, 6.45) is 0. The van der Waals surface area contributed by atoms with Crippen molar-refractivity contribution in [3.63, 3.8) is 0 Å². The monoisotopic (exact) mass is 385 g/mol. The zero-order valence-electron chi connectivity index (χ0n) is 15.5. The van der Waals surface area contributed by atoms with Gasteiger partial charge in [0.15, 0.2) is 16.7 Å². The molecular formula is C20H23N3O3S. The highest BCUT2D eigenvalue weighted by atomic mass is 32.2. The first-order chi connectivity index (χ1) is 13.2. The molecular weight excluding hydrogens is 362 g/mol. The smallest absolute Gasteiger partial charge is 0.230 e. The van der Waals surface area contributed by atoms with Gasteiger partial charge in [-0.15, -0.1) is 0 Å². The Balaban J connectivity index is 1.46. The Morgan fingerprint density at radius 1 is 1.15 bits per heavy atom. The molecule has 1 heterocycles. The first-order valence-corrected chi connectivity index (χ1v) is 9.82. The number of methoxy groups -OCH3 is 1. The molecule has 7 heteroatoms. The van der Waals surface area contributed by atoms with Crippen molar-refractivity contribution < 1.29 is 14.3 Å². The van der Waals surface area contributed by atoms with E-state index in [0.717, 1.165) is 22.7 Å². The molecule has 142 valence electrons. The minimum Gasteiger partial charge on any atom is -0.493 e. The van der Waals surface area contributed by atoms with Crippen LogP contribution in [0, 0.1) is 0 Å². The van der Waals surface area contributed by atoms with Crippen molar-refractivity contribution in [1.82, 2.24) is 14.9 Å². The van der Waals surface area contributed by atoms with E-state index in [2.05, 4.69) is 21.8 Å². The second kappa shape index (κ2) is 9.32. The predicted octanol–water partition coefficient (Wildman–Crippen LogP) is 3.35. The van der Waals surface area contributed by atoms with Crippen molar-refractivity contribution >= 4 is 28.7 Å². The van der Waals surface area contributed by atoms with Crippen LogP contribution in [0.1, 0.15) is 6.92 Å². The predicted molar refractivity (Wildman–Crippen MR) is 108 cm³/mol. The lowest BCUT2D eigenvalue weighted by Crippen LogP contribution is -2.29. The number of nitrogens with zero attached hydrogens (tertiary/aromatic N) is 2. The summed E-state index contributed by atoms with van der Waals surface area (Å²) in [6, 6.07) is 15.4. The number of aromatic nitrogens is 2. The topological polar surface area (TPSA) is 65.4 Å². The van der Waals surface area contributed by atoms with Crippen LogP contribution in [-0.4, -0.2) is 41.5 Å². The number of benzene rings is 2. The summed E-state index contributed by atoms with van der Waals surface area (Å²) in [4.78, 5) is 16.7. The fraction of sp³-hybridized carbons (Fsp3) is 0.300. The number of thioether (sulfide) groups is 1. The van der Waals surface area contributed by atoms with E-state index in [1.165, 1.54) is 11.8 Å². The molecule has 3 aromatic rings. The number of nitrogens with one attached hydrogen (secondary N) is 1. The second-order valence-electron chi connectivity index (χ2n) is 5.77. The van der Waals surface area contributed by atoms with Gasteiger partial charge in [-0.1, -0.05) is 36.0 Å². The van der Waals surface area contributed by atoms with Crippen molar-refractivity contribution in [2.24, 2.45) is 0 Å². The number of carbonyl (C=O) groups is 1. The van der Waals surface area contributed by atoms with Crippen LogP contribution in [0.5, 0.6) is 11.5 Å². The maximum absolute atomic E-state index is 12.1. The third kappa shape index (κ3) is 4.74. The van der Waals surface area contributed by atoms with Gasteiger partial charge < -0.3 is 19.4 Å². The van der Waals surface area contributed by atoms with Gasteiger partial charge in [0, 0.05) is 6.54 Å². The highest BCUT2D eigenvalue weighted by Gasteiger charge is 2.11. The molecule has 0 saturated heterocycles. The molecule has 27 heavy (non-hydrogen) atoms. The first kappa shape index (κ1) is 19.1. The Hall–Kier alpha value is -2.67. The highest BCUT2D eigenvalue weighted by Crippen LogP contribution is 2.25. The number of fused-ring (bicyclic) bond motifs is 1. The van der Waals surface area contributed by atoms with E-state index < -0.39 is 0 Å². The van der Waals surface area contributed by atoms with E-state index in [9.17, 15) is 4.79 Å². The van der Waals surface area contributed by atoms with E-state index in [0.29, 0.717) is 30.4 Å². The van der Waals surface area contributed by atoms with E-state index in [1.807, 2.05) is 48.5 Å². The van der Waals surface area contributed by atoms with E-state index in [1.54, 1.807) is 7.11 Å². The van der Waals surface area contributed by atoms with Gasteiger partial charge in [-0.25, -0.2) is 4.98 Å². The molecule has 0 saturated carbocycles. The van der Waals surface area contributed by atoms with Gasteiger partial charge in [0.25, 0.3) is 0 Å². The quantitative estimate of drug-likeness (QED) is 0.452. The molecule has 6 nitrogen and oxygen atoms in total. The molecule has 1 N–H and O–H groups in total. The van der Waals surface area contributed by atoms with Gasteiger partial charge in [-0.05, 0) is 31.2 Å². The third-order valence-electron chi connectivity index (χ3n) is 4.02. The largest absolute Gasteiger partial charge is 0.493 e. The molecule has 0 spiro atoms. The molecule has 0 aliphatic carbocycles. The fourth-order valence-corrected chi connectivity index (χ4v) is 3.65. The van der Waals surface area contributed by atoms with Crippen LogP contribution >= 0.6 is 11.8 Å². The fourth-order valence-electron chi connectivity index (χ4n) is 2.74. The number of imidazole rings is 1. The van der Waals surface area contributed by atoms with Crippen LogP contribution in [0.4, 0.5) is 0 Å². The van der Waals surface area contributed by atoms with E-state index >= 15 is 0 Å². The number of ether oxygens (including phenoxy) is 2. The summed E-state index contributed by atoms with van der Waals surface area (Å²) in [6.45, 7) is 3.70. The third-order valence-corrected chi connectivity index (χ3v) is 5.00. The van der Waals surface area contributed by atoms with Crippen LogP contribution < -0.4 is 14.8 Å². The van der Waals surface area contributed by atoms with Gasteiger partial charge in [0.1, 0.15) is 6.61 Å². The van der Waals surface area contributed by atoms with Gasteiger partial charge in [0.05, 0.1) is 30.4 Å². The van der Waals surface area contributed by atoms with Crippen molar-refractivity contribution in [3.05, 3.63) is 48.5 Å². The lowest BCUT2D eigenvalue weighted by molar-refractivity contribution is -0.118. The normalized spacial score (nSPS) is 10.7. The molecule has 1 aromatic heterocycles. The Bertz CT molecular complexity index is 910. The summed E-state index contributed by atoms with van der Waals surface area (Å²) in [5.41, 5.74) is 2.04. The number of aryl methyl sites for hydroxylation is 1. The van der Waals surface area contributed by atoms with Gasteiger partial charge in [-0.3, -0.25) is 4.79 Å². The number of amides is 1. The van der Waals surface area contributed by atoms with Gasteiger partial charge >= 0.3 is 0 Å². The van der Waals surface area contributed by atoms with Gasteiger partial charge in [-0.2, -0.15) is 0 Å². The van der Waals surface area contributed by atoms with Crippen LogP contribution in [0.25, 0.3) is 11.0 Å². The molecule has 0 fully saturated rings. The van der Waals surface area contributed by atoms with Crippen LogP contribution in [0.2, 0.25) is 0 Å². The number of carbonyl (C=O) groups excluding carboxylic acids is 1. The molecule has 1 amide bonds. The summed E-state index contributed by atoms with van der Waals surface area (Å²) >= 11 is 1.44. The number of hydrogen-bond acceptors (Lipinski definition) is 5. The average Bonchev–Trinajstić information content (AvgIpc) is 3.07. The zero-order valence-corrected chi connectivity index (χ0v) is 16.3. The highest BCUT2D eigenvalue weighted by molar-refractivity contribution is 7.99. The Kier molecular flexibility index (Phi) is 6.59. The molecule has 0 aliphatic rings. The SMILES string of the molecule is CCn1c(SCC(=O)NCCOc2ccccc2OC)nc2ccccc21. The molecule has 0 aliphatic heterocycles. The lowest BCUT2D eigenvalue weighted by Gasteiger charge is -2.11. The molecule has 0 radical (unpaired) electrons. The Morgan fingerprint density at radius 2 is 1.89 bits per heavy atom.